The van der Waals surface area contributed by atoms with Gasteiger partial charge in [-0.05, 0) is 79.3 Å². The molecule has 3 aromatic carbocycles. The second kappa shape index (κ2) is 16.4. The molecule has 0 heterocycles. The first-order valence-corrected chi connectivity index (χ1v) is 15.0. The zero-order valence-corrected chi connectivity index (χ0v) is 24.8. The molecular weight excluding hydrogens is 510 g/mol. The Kier molecular flexibility index (Phi) is 12.6. The van der Waals surface area contributed by atoms with Crippen LogP contribution in [-0.4, -0.2) is 11.9 Å². The predicted molar refractivity (Wildman–Crippen MR) is 164 cm³/mol. The molecule has 3 rings (SSSR count). The van der Waals surface area contributed by atoms with Gasteiger partial charge in [-0.3, -0.25) is 0 Å². The van der Waals surface area contributed by atoms with E-state index in [2.05, 4.69) is 13.0 Å². The van der Waals surface area contributed by atoms with Gasteiger partial charge in [0, 0.05) is 0 Å². The van der Waals surface area contributed by atoms with Crippen molar-refractivity contribution in [1.82, 2.24) is 0 Å². The van der Waals surface area contributed by atoms with Gasteiger partial charge in [-0.1, -0.05) is 102 Å². The summed E-state index contributed by atoms with van der Waals surface area (Å²) in [4.78, 5) is 25.1. The number of hydrogen-bond donors (Lipinski definition) is 0. The van der Waals surface area contributed by atoms with Crippen LogP contribution in [0.4, 0.5) is 0 Å². The minimum absolute atomic E-state index is 0.380. The molecule has 0 fully saturated rings. The summed E-state index contributed by atoms with van der Waals surface area (Å²) in [7, 11) is 0. The number of rotatable bonds is 16. The molecule has 0 aromatic heterocycles. The number of unbranched alkanes of at least 4 members (excludes halogenated alkanes) is 7. The highest BCUT2D eigenvalue weighted by molar-refractivity contribution is 5.91. The van der Waals surface area contributed by atoms with Crippen molar-refractivity contribution in [3.63, 3.8) is 0 Å². The van der Waals surface area contributed by atoms with Crippen LogP contribution in [0.1, 0.15) is 101 Å². The number of carbonyl (C=O) groups excluding carboxylic acids is 2. The first-order chi connectivity index (χ1) is 19.9. The van der Waals surface area contributed by atoms with Crippen LogP contribution in [0.3, 0.4) is 0 Å². The third-order valence-electron chi connectivity index (χ3n) is 7.42. The van der Waals surface area contributed by atoms with Crippen LogP contribution < -0.4 is 9.47 Å². The molecule has 0 spiro atoms. The Hall–Kier alpha value is -3.91. The largest absolute Gasteiger partial charge is 0.425 e. The third kappa shape index (κ3) is 9.90. The van der Waals surface area contributed by atoms with Crippen LogP contribution >= 0.6 is 0 Å². The molecule has 0 aliphatic rings. The molecule has 0 bridgehead atoms. The van der Waals surface area contributed by atoms with E-state index in [0.29, 0.717) is 23.5 Å². The number of aryl methyl sites for hydroxylation is 1. The molecule has 1 atom stereocenters. The van der Waals surface area contributed by atoms with Gasteiger partial charge < -0.3 is 9.47 Å². The Balaban J connectivity index is 1.47. The van der Waals surface area contributed by atoms with Crippen LogP contribution in [0.5, 0.6) is 11.5 Å². The van der Waals surface area contributed by atoms with Gasteiger partial charge in [-0.2, -0.15) is 5.26 Å². The number of nitrogens with zero attached hydrogens (tertiary/aromatic N) is 1. The van der Waals surface area contributed by atoms with E-state index in [-0.39, 0.29) is 5.97 Å². The minimum atomic E-state index is -1.16. The van der Waals surface area contributed by atoms with Crippen LogP contribution in [0.25, 0.3) is 11.1 Å². The first-order valence-electron chi connectivity index (χ1n) is 15.0. The van der Waals surface area contributed by atoms with Gasteiger partial charge >= 0.3 is 11.9 Å². The van der Waals surface area contributed by atoms with Crippen LogP contribution in [-0.2, 0) is 11.2 Å². The maximum Gasteiger partial charge on any atom is 0.343 e. The fourth-order valence-electron chi connectivity index (χ4n) is 4.79. The van der Waals surface area contributed by atoms with Crippen LogP contribution in [0.2, 0.25) is 0 Å². The van der Waals surface area contributed by atoms with Crippen molar-refractivity contribution in [2.75, 3.05) is 0 Å². The molecule has 0 aliphatic carbocycles. The second-order valence-corrected chi connectivity index (χ2v) is 10.9. The molecule has 5 heteroatoms. The standard InChI is InChI=1S/C36H43NO4/c1-4-6-7-8-9-10-11-12-13-28-14-16-31(17-15-28)34(38)40-32-22-18-29(19-23-32)30-20-24-33(25-21-30)41-35(39)36(3,27-37)26-5-2/h14-25H,4-13,26H2,1-3H3. The van der Waals surface area contributed by atoms with Gasteiger partial charge in [-0.15, -0.1) is 0 Å². The van der Waals surface area contributed by atoms with E-state index in [1.165, 1.54) is 56.9 Å². The monoisotopic (exact) mass is 553 g/mol. The molecule has 0 aliphatic heterocycles. The predicted octanol–water partition coefficient (Wildman–Crippen LogP) is 9.49. The molecule has 3 aromatic rings. The quantitative estimate of drug-likeness (QED) is 0.100. The maximum absolute atomic E-state index is 12.7. The molecule has 1 unspecified atom stereocenters. The van der Waals surface area contributed by atoms with Gasteiger partial charge in [0.1, 0.15) is 11.5 Å². The molecule has 216 valence electrons. The molecule has 41 heavy (non-hydrogen) atoms. The Morgan fingerprint density at radius 1 is 0.683 bits per heavy atom. The van der Waals surface area contributed by atoms with E-state index in [1.54, 1.807) is 31.2 Å². The van der Waals surface area contributed by atoms with Gasteiger partial charge in [0.15, 0.2) is 5.41 Å². The number of ether oxygens (including phenoxy) is 2. The summed E-state index contributed by atoms with van der Waals surface area (Å²) in [6.45, 7) is 5.78. The minimum Gasteiger partial charge on any atom is -0.425 e. The van der Waals surface area contributed by atoms with Gasteiger partial charge in [0.25, 0.3) is 0 Å². The lowest BCUT2D eigenvalue weighted by molar-refractivity contribution is -0.142. The lowest BCUT2D eigenvalue weighted by atomic mass is 9.87. The molecule has 0 saturated heterocycles. The highest BCUT2D eigenvalue weighted by Crippen LogP contribution is 2.28. The van der Waals surface area contributed by atoms with E-state index >= 15 is 0 Å². The SMILES string of the molecule is CCCCCCCCCCc1ccc(C(=O)Oc2ccc(-c3ccc(OC(=O)C(C)(C#N)CCC)cc3)cc2)cc1. The maximum atomic E-state index is 12.7. The molecule has 0 N–H and O–H groups in total. The summed E-state index contributed by atoms with van der Waals surface area (Å²) in [6.07, 6.45) is 12.6. The average Bonchev–Trinajstić information content (AvgIpc) is 2.99. The smallest absolute Gasteiger partial charge is 0.343 e. The zero-order chi connectivity index (χ0) is 29.5. The van der Waals surface area contributed by atoms with Crippen molar-refractivity contribution in [3.8, 4) is 28.7 Å². The lowest BCUT2D eigenvalue weighted by Gasteiger charge is -2.18. The molecule has 0 amide bonds. The van der Waals surface area contributed by atoms with Crippen molar-refractivity contribution >= 4 is 11.9 Å². The van der Waals surface area contributed by atoms with Crippen molar-refractivity contribution in [3.05, 3.63) is 83.9 Å². The fraction of sp³-hybridized carbons (Fsp3) is 0.417. The van der Waals surface area contributed by atoms with E-state index in [4.69, 9.17) is 9.47 Å². The summed E-state index contributed by atoms with van der Waals surface area (Å²) in [6, 6.07) is 24.2. The normalized spacial score (nSPS) is 12.2. The van der Waals surface area contributed by atoms with Gasteiger partial charge in [0.2, 0.25) is 0 Å². The first kappa shape index (κ1) is 31.6. The summed E-state index contributed by atoms with van der Waals surface area (Å²) in [5.41, 5.74) is 2.48. The van der Waals surface area contributed by atoms with E-state index in [1.807, 2.05) is 55.5 Å². The fourth-order valence-corrected chi connectivity index (χ4v) is 4.79. The molecular formula is C36H43NO4. The third-order valence-corrected chi connectivity index (χ3v) is 7.42. The average molecular weight is 554 g/mol. The molecule has 5 nitrogen and oxygen atoms in total. The van der Waals surface area contributed by atoms with E-state index in [9.17, 15) is 14.9 Å². The molecule has 0 saturated carbocycles. The highest BCUT2D eigenvalue weighted by atomic mass is 16.5. The summed E-state index contributed by atoms with van der Waals surface area (Å²) >= 11 is 0. The Bertz CT molecular complexity index is 1270. The van der Waals surface area contributed by atoms with Crippen molar-refractivity contribution in [1.29, 1.82) is 5.26 Å². The summed E-state index contributed by atoms with van der Waals surface area (Å²) in [5.74, 6) is -0.0568. The Morgan fingerprint density at radius 2 is 1.20 bits per heavy atom. The number of nitriles is 1. The Morgan fingerprint density at radius 3 is 1.71 bits per heavy atom. The zero-order valence-electron chi connectivity index (χ0n) is 24.8. The Labute approximate surface area is 245 Å². The van der Waals surface area contributed by atoms with E-state index in [0.717, 1.165) is 24.0 Å². The van der Waals surface area contributed by atoms with E-state index < -0.39 is 11.4 Å². The number of hydrogen-bond acceptors (Lipinski definition) is 5. The van der Waals surface area contributed by atoms with Crippen molar-refractivity contribution in [2.24, 2.45) is 5.41 Å². The lowest BCUT2D eigenvalue weighted by Crippen LogP contribution is -2.30. The second-order valence-electron chi connectivity index (χ2n) is 10.9. The number of carbonyl (C=O) groups is 2. The van der Waals surface area contributed by atoms with Crippen molar-refractivity contribution in [2.45, 2.75) is 91.4 Å². The van der Waals surface area contributed by atoms with Gasteiger partial charge in [-0.25, -0.2) is 9.59 Å². The number of esters is 2. The van der Waals surface area contributed by atoms with Crippen molar-refractivity contribution < 1.29 is 19.1 Å². The van der Waals surface area contributed by atoms with Crippen LogP contribution in [0, 0.1) is 16.7 Å². The summed E-state index contributed by atoms with van der Waals surface area (Å²) in [5, 5.41) is 9.40. The number of benzene rings is 3. The van der Waals surface area contributed by atoms with Crippen LogP contribution in [0.15, 0.2) is 72.8 Å². The van der Waals surface area contributed by atoms with Gasteiger partial charge in [0.05, 0.1) is 11.6 Å². The summed E-state index contributed by atoms with van der Waals surface area (Å²) < 4.78 is 11.0. The highest BCUT2D eigenvalue weighted by Gasteiger charge is 2.34. The molecule has 0 radical (unpaired) electrons. The topological polar surface area (TPSA) is 76.4 Å².